The van der Waals surface area contributed by atoms with E-state index < -0.39 is 5.97 Å². The van der Waals surface area contributed by atoms with E-state index in [1.807, 2.05) is 30.3 Å². The summed E-state index contributed by atoms with van der Waals surface area (Å²) in [5, 5.41) is 18.6. The maximum atomic E-state index is 11.1. The number of hydrogen-bond donors (Lipinski definition) is 1. The lowest BCUT2D eigenvalue weighted by Crippen LogP contribution is -2.15. The fourth-order valence-electron chi connectivity index (χ4n) is 2.76. The molecule has 2 heterocycles. The molecule has 118 valence electrons. The van der Waals surface area contributed by atoms with Crippen LogP contribution in [0.3, 0.4) is 0 Å². The molecule has 0 fully saturated rings. The van der Waals surface area contributed by atoms with Gasteiger partial charge in [-0.05, 0) is 25.0 Å². The fourth-order valence-corrected chi connectivity index (χ4v) is 2.76. The molecule has 1 atom stereocenters. The summed E-state index contributed by atoms with van der Waals surface area (Å²) < 4.78 is 0. The lowest BCUT2D eigenvalue weighted by molar-refractivity contribution is -0.132. The van der Waals surface area contributed by atoms with Crippen LogP contribution < -0.4 is 0 Å². The maximum Gasteiger partial charge on any atom is 0.337 e. The van der Waals surface area contributed by atoms with Gasteiger partial charge < -0.3 is 5.11 Å². The molecular formula is C19H15N3O2. The molecule has 3 rings (SSSR count). The highest BCUT2D eigenvalue weighted by Crippen LogP contribution is 2.29. The first-order chi connectivity index (χ1) is 11.6. The van der Waals surface area contributed by atoms with E-state index in [1.165, 1.54) is 0 Å². The number of carbonyl (C=O) groups is 1. The molecule has 1 aromatic carbocycles. The number of pyridine rings is 1. The summed E-state index contributed by atoms with van der Waals surface area (Å²) in [5.74, 6) is -0.972. The third-order valence-electron chi connectivity index (χ3n) is 3.99. The first-order valence-electron chi connectivity index (χ1n) is 7.54. The number of rotatable bonds is 3. The molecule has 0 saturated heterocycles. The molecule has 0 bridgehead atoms. The number of nitriles is 1. The van der Waals surface area contributed by atoms with Crippen LogP contribution >= 0.6 is 0 Å². The van der Waals surface area contributed by atoms with Crippen molar-refractivity contribution in [3.8, 4) is 17.2 Å². The standard InChI is InChI=1S/C19H15N3O2/c1-12-15(19(23)24)7-8-17(22-12)18-9-14(10-20)16(11-21-18)13-5-3-2-4-6-13/h2-7,9,11,17H,8H2,1H3,(H,23,24). The number of aliphatic carboxylic acids is 1. The number of carboxylic acids is 1. The molecule has 1 aliphatic heterocycles. The van der Waals surface area contributed by atoms with Gasteiger partial charge >= 0.3 is 5.97 Å². The van der Waals surface area contributed by atoms with Gasteiger partial charge in [0.2, 0.25) is 0 Å². The average Bonchev–Trinajstić information content (AvgIpc) is 2.61. The van der Waals surface area contributed by atoms with Crippen LogP contribution in [0.25, 0.3) is 11.1 Å². The fraction of sp³-hybridized carbons (Fsp3) is 0.158. The average molecular weight is 317 g/mol. The second-order valence-corrected chi connectivity index (χ2v) is 5.52. The second-order valence-electron chi connectivity index (χ2n) is 5.52. The van der Waals surface area contributed by atoms with Gasteiger partial charge in [-0.1, -0.05) is 36.4 Å². The second kappa shape index (κ2) is 6.47. The van der Waals surface area contributed by atoms with E-state index in [2.05, 4.69) is 16.0 Å². The number of aliphatic imine (C=N–C) groups is 1. The molecule has 1 N–H and O–H groups in total. The Kier molecular flexibility index (Phi) is 4.21. The maximum absolute atomic E-state index is 11.1. The van der Waals surface area contributed by atoms with Crippen molar-refractivity contribution >= 4 is 11.7 Å². The summed E-state index contributed by atoms with van der Waals surface area (Å²) in [5.41, 5.74) is 3.63. The minimum atomic E-state index is -0.972. The van der Waals surface area contributed by atoms with E-state index in [0.29, 0.717) is 23.4 Å². The van der Waals surface area contributed by atoms with Crippen LogP contribution in [0.1, 0.15) is 30.6 Å². The Morgan fingerprint density at radius 3 is 2.71 bits per heavy atom. The quantitative estimate of drug-likeness (QED) is 0.938. The highest BCUT2D eigenvalue weighted by atomic mass is 16.4. The first kappa shape index (κ1) is 15.6. The van der Waals surface area contributed by atoms with Crippen LogP contribution in [0.4, 0.5) is 0 Å². The molecular weight excluding hydrogens is 302 g/mol. The Labute approximate surface area is 139 Å². The zero-order valence-electron chi connectivity index (χ0n) is 13.1. The molecule has 2 aromatic rings. The topological polar surface area (TPSA) is 86.3 Å². The molecule has 0 radical (unpaired) electrons. The summed E-state index contributed by atoms with van der Waals surface area (Å²) in [7, 11) is 0. The number of benzene rings is 1. The Balaban J connectivity index is 1.95. The van der Waals surface area contributed by atoms with Crippen molar-refractivity contribution in [3.05, 3.63) is 65.5 Å². The van der Waals surface area contributed by atoms with Crippen molar-refractivity contribution in [2.45, 2.75) is 19.4 Å². The van der Waals surface area contributed by atoms with E-state index in [1.54, 1.807) is 25.3 Å². The smallest absolute Gasteiger partial charge is 0.337 e. The number of hydrogen-bond acceptors (Lipinski definition) is 4. The van der Waals surface area contributed by atoms with Gasteiger partial charge in [-0.25, -0.2) is 4.79 Å². The third kappa shape index (κ3) is 2.95. The molecule has 5 nitrogen and oxygen atoms in total. The van der Waals surface area contributed by atoms with Crippen LogP contribution in [-0.4, -0.2) is 21.8 Å². The Hall–Kier alpha value is -3.26. The van der Waals surface area contributed by atoms with Crippen molar-refractivity contribution in [2.75, 3.05) is 0 Å². The number of carboxylic acid groups (broad SMARTS) is 1. The van der Waals surface area contributed by atoms with Crippen molar-refractivity contribution in [2.24, 2.45) is 4.99 Å². The minimum Gasteiger partial charge on any atom is -0.478 e. The molecule has 1 aliphatic rings. The molecule has 0 saturated carbocycles. The Morgan fingerprint density at radius 2 is 2.08 bits per heavy atom. The summed E-state index contributed by atoms with van der Waals surface area (Å²) >= 11 is 0. The monoisotopic (exact) mass is 317 g/mol. The molecule has 1 aromatic heterocycles. The van der Waals surface area contributed by atoms with Gasteiger partial charge in [-0.2, -0.15) is 5.26 Å². The van der Waals surface area contributed by atoms with Crippen LogP contribution in [0.5, 0.6) is 0 Å². The molecule has 0 spiro atoms. The van der Waals surface area contributed by atoms with Gasteiger partial charge in [0.15, 0.2) is 0 Å². The lowest BCUT2D eigenvalue weighted by atomic mass is 9.97. The molecule has 0 aliphatic carbocycles. The van der Waals surface area contributed by atoms with Crippen LogP contribution in [0.15, 0.2) is 59.2 Å². The van der Waals surface area contributed by atoms with Crippen LogP contribution in [0.2, 0.25) is 0 Å². The van der Waals surface area contributed by atoms with Gasteiger partial charge in [0, 0.05) is 17.5 Å². The van der Waals surface area contributed by atoms with E-state index >= 15 is 0 Å². The molecule has 1 unspecified atom stereocenters. The van der Waals surface area contributed by atoms with Crippen molar-refractivity contribution < 1.29 is 9.90 Å². The highest BCUT2D eigenvalue weighted by molar-refractivity contribution is 6.18. The Bertz CT molecular complexity index is 893. The van der Waals surface area contributed by atoms with Gasteiger partial charge in [0.05, 0.1) is 28.9 Å². The van der Waals surface area contributed by atoms with Crippen LogP contribution in [-0.2, 0) is 4.79 Å². The first-order valence-corrected chi connectivity index (χ1v) is 7.54. The highest BCUT2D eigenvalue weighted by Gasteiger charge is 2.21. The molecule has 0 amide bonds. The van der Waals surface area contributed by atoms with E-state index in [-0.39, 0.29) is 11.6 Å². The van der Waals surface area contributed by atoms with Gasteiger partial charge in [0.1, 0.15) is 0 Å². The number of nitrogens with zero attached hydrogens (tertiary/aromatic N) is 3. The minimum absolute atomic E-state index is 0.229. The zero-order valence-corrected chi connectivity index (χ0v) is 13.1. The number of dihydropyridines is 1. The lowest BCUT2D eigenvalue weighted by Gasteiger charge is -2.18. The van der Waals surface area contributed by atoms with E-state index in [9.17, 15) is 10.1 Å². The third-order valence-corrected chi connectivity index (χ3v) is 3.99. The predicted molar refractivity (Wildman–Crippen MR) is 90.6 cm³/mol. The van der Waals surface area contributed by atoms with E-state index in [4.69, 9.17) is 5.11 Å². The van der Waals surface area contributed by atoms with Gasteiger partial charge in [-0.3, -0.25) is 9.98 Å². The SMILES string of the molecule is CC1=NC(c2cc(C#N)c(-c3ccccc3)cn2)CC=C1C(=O)O. The summed E-state index contributed by atoms with van der Waals surface area (Å²) in [6.45, 7) is 1.68. The number of aromatic nitrogens is 1. The largest absolute Gasteiger partial charge is 0.478 e. The van der Waals surface area contributed by atoms with Crippen LogP contribution in [0, 0.1) is 11.3 Å². The summed E-state index contributed by atoms with van der Waals surface area (Å²) in [4.78, 5) is 20.0. The van der Waals surface area contributed by atoms with Crippen molar-refractivity contribution in [1.82, 2.24) is 4.98 Å². The molecule has 5 heteroatoms. The van der Waals surface area contributed by atoms with Gasteiger partial charge in [-0.15, -0.1) is 0 Å². The normalized spacial score (nSPS) is 16.8. The van der Waals surface area contributed by atoms with Crippen molar-refractivity contribution in [1.29, 1.82) is 5.26 Å². The Morgan fingerprint density at radius 1 is 1.33 bits per heavy atom. The van der Waals surface area contributed by atoms with E-state index in [0.717, 1.165) is 11.1 Å². The summed E-state index contributed by atoms with van der Waals surface area (Å²) in [6, 6.07) is 13.3. The summed E-state index contributed by atoms with van der Waals surface area (Å²) in [6.07, 6.45) is 3.81. The van der Waals surface area contributed by atoms with Crippen molar-refractivity contribution in [3.63, 3.8) is 0 Å². The molecule has 24 heavy (non-hydrogen) atoms. The zero-order chi connectivity index (χ0) is 17.1. The predicted octanol–water partition coefficient (Wildman–Crippen LogP) is 3.54. The van der Waals surface area contributed by atoms with Gasteiger partial charge in [0.25, 0.3) is 0 Å².